The Balaban J connectivity index is 1.98. The van der Waals surface area contributed by atoms with Crippen LogP contribution in [0.25, 0.3) is 0 Å². The molecule has 1 aromatic heterocycles. The van der Waals surface area contributed by atoms with Gasteiger partial charge in [-0.15, -0.1) is 0 Å². The molecule has 1 fully saturated rings. The zero-order chi connectivity index (χ0) is 12.4. The van der Waals surface area contributed by atoms with Crippen LogP contribution in [0.5, 0.6) is 0 Å². The van der Waals surface area contributed by atoms with Crippen LogP contribution in [0.1, 0.15) is 34.7 Å². The van der Waals surface area contributed by atoms with Crippen LogP contribution < -0.4 is 0 Å². The van der Waals surface area contributed by atoms with E-state index in [0.29, 0.717) is 11.3 Å². The van der Waals surface area contributed by atoms with Crippen molar-refractivity contribution in [2.75, 3.05) is 20.7 Å². The number of carbonyl (C=O) groups excluding carboxylic acids is 1. The van der Waals surface area contributed by atoms with E-state index in [-0.39, 0.29) is 5.97 Å². The summed E-state index contributed by atoms with van der Waals surface area (Å²) >= 11 is 0. The third-order valence-electron chi connectivity index (χ3n) is 3.07. The molecule has 1 heterocycles. The zero-order valence-corrected chi connectivity index (χ0v) is 10.7. The summed E-state index contributed by atoms with van der Waals surface area (Å²) in [4.78, 5) is 13.7. The minimum Gasteiger partial charge on any atom is -0.465 e. The average Bonchev–Trinajstić information content (AvgIpc) is 3.00. The third kappa shape index (κ3) is 3.09. The maximum absolute atomic E-state index is 11.4. The Kier molecular flexibility index (Phi) is 3.52. The summed E-state index contributed by atoms with van der Waals surface area (Å²) in [5.41, 5.74) is 0.530. The van der Waals surface area contributed by atoms with Crippen LogP contribution in [-0.2, 0) is 11.3 Å². The van der Waals surface area contributed by atoms with Crippen molar-refractivity contribution < 1.29 is 13.9 Å². The second-order valence-corrected chi connectivity index (χ2v) is 4.81. The first kappa shape index (κ1) is 12.2. The van der Waals surface area contributed by atoms with Gasteiger partial charge < -0.3 is 9.15 Å². The van der Waals surface area contributed by atoms with Crippen LogP contribution >= 0.6 is 0 Å². The van der Waals surface area contributed by atoms with Gasteiger partial charge in [-0.2, -0.15) is 0 Å². The highest BCUT2D eigenvalue weighted by molar-refractivity contribution is 5.90. The van der Waals surface area contributed by atoms with Crippen LogP contribution in [0.15, 0.2) is 10.5 Å². The number of aryl methyl sites for hydroxylation is 1. The molecule has 4 heteroatoms. The van der Waals surface area contributed by atoms with Gasteiger partial charge in [-0.25, -0.2) is 4.79 Å². The molecular weight excluding hydrogens is 218 g/mol. The monoisotopic (exact) mass is 237 g/mol. The minimum atomic E-state index is -0.331. The van der Waals surface area contributed by atoms with Crippen LogP contribution in [0.4, 0.5) is 0 Å². The lowest BCUT2D eigenvalue weighted by molar-refractivity contribution is 0.0599. The van der Waals surface area contributed by atoms with Crippen molar-refractivity contribution in [2.45, 2.75) is 26.3 Å². The van der Waals surface area contributed by atoms with Gasteiger partial charge in [0.15, 0.2) is 0 Å². The number of methoxy groups -OCH3 is 1. The Hall–Kier alpha value is -1.29. The van der Waals surface area contributed by atoms with Gasteiger partial charge in [0.2, 0.25) is 0 Å². The van der Waals surface area contributed by atoms with Gasteiger partial charge in [-0.05, 0) is 38.8 Å². The maximum atomic E-state index is 11.4. The number of nitrogens with zero attached hydrogens (tertiary/aromatic N) is 1. The Bertz CT molecular complexity index is 407. The van der Waals surface area contributed by atoms with E-state index in [0.717, 1.165) is 24.8 Å². The summed E-state index contributed by atoms with van der Waals surface area (Å²) in [6.45, 7) is 3.64. The Morgan fingerprint density at radius 1 is 1.59 bits per heavy atom. The predicted octanol–water partition coefficient (Wildman–Crippen LogP) is 2.22. The molecule has 1 saturated carbocycles. The molecule has 0 N–H and O–H groups in total. The Morgan fingerprint density at radius 2 is 2.29 bits per heavy atom. The van der Waals surface area contributed by atoms with Crippen molar-refractivity contribution in [3.63, 3.8) is 0 Å². The van der Waals surface area contributed by atoms with Crippen LogP contribution in [-0.4, -0.2) is 31.6 Å². The van der Waals surface area contributed by atoms with Crippen molar-refractivity contribution in [2.24, 2.45) is 5.92 Å². The van der Waals surface area contributed by atoms with Crippen LogP contribution in [0, 0.1) is 12.8 Å². The van der Waals surface area contributed by atoms with E-state index in [4.69, 9.17) is 9.15 Å². The lowest BCUT2D eigenvalue weighted by Crippen LogP contribution is -2.20. The standard InChI is InChI=1S/C13H19NO3/c1-9-12(13(15)16-3)6-11(17-9)8-14(2)7-10-4-5-10/h6,10H,4-5,7-8H2,1-3H3. The molecule has 0 radical (unpaired) electrons. The molecule has 0 amide bonds. The molecular formula is C13H19NO3. The highest BCUT2D eigenvalue weighted by Crippen LogP contribution is 2.29. The first-order valence-electron chi connectivity index (χ1n) is 5.96. The summed E-state index contributed by atoms with van der Waals surface area (Å²) in [5, 5.41) is 0. The molecule has 1 aliphatic rings. The van der Waals surface area contributed by atoms with E-state index in [2.05, 4.69) is 11.9 Å². The van der Waals surface area contributed by atoms with Gasteiger partial charge in [-0.3, -0.25) is 4.90 Å². The number of ether oxygens (including phenoxy) is 1. The highest BCUT2D eigenvalue weighted by Gasteiger charge is 2.23. The SMILES string of the molecule is COC(=O)c1cc(CN(C)CC2CC2)oc1C. The molecule has 4 nitrogen and oxygen atoms in total. The molecule has 0 aliphatic heterocycles. The van der Waals surface area contributed by atoms with Gasteiger partial charge in [0.25, 0.3) is 0 Å². The molecule has 0 saturated heterocycles. The number of furan rings is 1. The van der Waals surface area contributed by atoms with Crippen molar-refractivity contribution in [3.05, 3.63) is 23.2 Å². The van der Waals surface area contributed by atoms with Crippen molar-refractivity contribution in [1.29, 1.82) is 0 Å². The first-order chi connectivity index (χ1) is 8.10. The number of hydrogen-bond acceptors (Lipinski definition) is 4. The van der Waals surface area contributed by atoms with E-state index in [9.17, 15) is 4.79 Å². The Labute approximate surface area is 102 Å². The van der Waals surface area contributed by atoms with E-state index in [1.54, 1.807) is 13.0 Å². The molecule has 17 heavy (non-hydrogen) atoms. The fraction of sp³-hybridized carbons (Fsp3) is 0.615. The summed E-state index contributed by atoms with van der Waals surface area (Å²) in [6, 6.07) is 1.78. The molecule has 2 rings (SSSR count). The number of esters is 1. The van der Waals surface area contributed by atoms with Gasteiger partial charge in [0.1, 0.15) is 17.1 Å². The van der Waals surface area contributed by atoms with E-state index in [1.807, 2.05) is 0 Å². The third-order valence-corrected chi connectivity index (χ3v) is 3.07. The summed E-state index contributed by atoms with van der Waals surface area (Å²) in [5.74, 6) is 1.98. The predicted molar refractivity (Wildman–Crippen MR) is 63.8 cm³/mol. The van der Waals surface area contributed by atoms with Crippen LogP contribution in [0.3, 0.4) is 0 Å². The number of carbonyl (C=O) groups is 1. The maximum Gasteiger partial charge on any atom is 0.341 e. The number of hydrogen-bond donors (Lipinski definition) is 0. The smallest absolute Gasteiger partial charge is 0.341 e. The molecule has 0 spiro atoms. The summed E-state index contributed by atoms with van der Waals surface area (Å²) in [7, 11) is 3.46. The number of rotatable bonds is 5. The van der Waals surface area contributed by atoms with E-state index < -0.39 is 0 Å². The molecule has 1 aliphatic carbocycles. The fourth-order valence-electron chi connectivity index (χ4n) is 2.01. The second kappa shape index (κ2) is 4.92. The average molecular weight is 237 g/mol. The Morgan fingerprint density at radius 3 is 2.88 bits per heavy atom. The lowest BCUT2D eigenvalue weighted by Gasteiger charge is -2.13. The molecule has 0 atom stereocenters. The van der Waals surface area contributed by atoms with E-state index >= 15 is 0 Å². The highest BCUT2D eigenvalue weighted by atomic mass is 16.5. The quantitative estimate of drug-likeness (QED) is 0.736. The topological polar surface area (TPSA) is 42.7 Å². The minimum absolute atomic E-state index is 0.331. The molecule has 0 aromatic carbocycles. The fourth-order valence-corrected chi connectivity index (χ4v) is 2.01. The largest absolute Gasteiger partial charge is 0.465 e. The first-order valence-corrected chi connectivity index (χ1v) is 5.96. The van der Waals surface area contributed by atoms with Gasteiger partial charge in [0.05, 0.1) is 13.7 Å². The normalized spacial score (nSPS) is 15.3. The zero-order valence-electron chi connectivity index (χ0n) is 10.7. The molecule has 0 unspecified atom stereocenters. The van der Waals surface area contributed by atoms with Gasteiger partial charge in [0, 0.05) is 6.54 Å². The molecule has 0 bridgehead atoms. The van der Waals surface area contributed by atoms with E-state index in [1.165, 1.54) is 20.0 Å². The van der Waals surface area contributed by atoms with Crippen molar-refractivity contribution >= 4 is 5.97 Å². The lowest BCUT2D eigenvalue weighted by atomic mass is 10.2. The molecule has 1 aromatic rings. The van der Waals surface area contributed by atoms with Crippen molar-refractivity contribution in [1.82, 2.24) is 4.90 Å². The van der Waals surface area contributed by atoms with Gasteiger partial charge in [-0.1, -0.05) is 0 Å². The summed E-state index contributed by atoms with van der Waals surface area (Å²) in [6.07, 6.45) is 2.68. The molecule has 94 valence electrons. The van der Waals surface area contributed by atoms with Crippen LogP contribution in [0.2, 0.25) is 0 Å². The van der Waals surface area contributed by atoms with Crippen molar-refractivity contribution in [3.8, 4) is 0 Å². The summed E-state index contributed by atoms with van der Waals surface area (Å²) < 4.78 is 10.3. The van der Waals surface area contributed by atoms with Gasteiger partial charge >= 0.3 is 5.97 Å². The second-order valence-electron chi connectivity index (χ2n) is 4.81.